The molecule has 0 spiro atoms. The zero-order valence-electron chi connectivity index (χ0n) is 14.4. The predicted molar refractivity (Wildman–Crippen MR) is 92.8 cm³/mol. The van der Waals surface area contributed by atoms with Crippen molar-refractivity contribution in [2.75, 3.05) is 44.7 Å². The number of phenolic OH excluding ortho intramolecular Hbond substituents is 1. The minimum Gasteiger partial charge on any atom is -0.506 e. The summed E-state index contributed by atoms with van der Waals surface area (Å²) in [5.74, 6) is -2.54. The molecule has 3 N–H and O–H groups in total. The topological polar surface area (TPSA) is 94.9 Å². The van der Waals surface area contributed by atoms with Crippen molar-refractivity contribution in [2.24, 2.45) is 0 Å². The van der Waals surface area contributed by atoms with Gasteiger partial charge in [-0.05, 0) is 12.1 Å². The lowest BCUT2D eigenvalue weighted by Crippen LogP contribution is -2.38. The Hall–Kier alpha value is -2.59. The molecule has 1 aliphatic rings. The number of halogens is 3. The average molecular weight is 387 g/mol. The summed E-state index contributed by atoms with van der Waals surface area (Å²) in [6.07, 6.45) is -3.40. The largest absolute Gasteiger partial charge is 0.506 e. The fourth-order valence-electron chi connectivity index (χ4n) is 2.46. The van der Waals surface area contributed by atoms with Gasteiger partial charge in [0.1, 0.15) is 11.3 Å². The second kappa shape index (κ2) is 9.38. The molecule has 7 nitrogen and oxygen atoms in total. The Balaban J connectivity index is 0.000000321. The molecule has 1 aliphatic heterocycles. The van der Waals surface area contributed by atoms with Crippen LogP contribution >= 0.6 is 0 Å². The van der Waals surface area contributed by atoms with E-state index in [1.807, 2.05) is 18.2 Å². The first-order chi connectivity index (χ1) is 12.8. The molecule has 0 radical (unpaired) electrons. The molecule has 1 aromatic heterocycles. The number of benzene rings is 1. The van der Waals surface area contributed by atoms with Crippen molar-refractivity contribution in [3.63, 3.8) is 0 Å². The molecule has 0 amide bonds. The first-order valence-electron chi connectivity index (χ1n) is 8.19. The van der Waals surface area contributed by atoms with Gasteiger partial charge < -0.3 is 20.3 Å². The van der Waals surface area contributed by atoms with Gasteiger partial charge in [0.15, 0.2) is 0 Å². The summed E-state index contributed by atoms with van der Waals surface area (Å²) in [5, 5.41) is 21.4. The summed E-state index contributed by atoms with van der Waals surface area (Å²) >= 11 is 0. The van der Waals surface area contributed by atoms with E-state index in [0.29, 0.717) is 5.52 Å². The van der Waals surface area contributed by atoms with Crippen LogP contribution in [0.1, 0.15) is 0 Å². The van der Waals surface area contributed by atoms with Crippen molar-refractivity contribution in [1.29, 1.82) is 0 Å². The highest BCUT2D eigenvalue weighted by molar-refractivity contribution is 5.87. The van der Waals surface area contributed by atoms with E-state index in [4.69, 9.17) is 14.6 Å². The van der Waals surface area contributed by atoms with Gasteiger partial charge in [-0.25, -0.2) is 4.79 Å². The van der Waals surface area contributed by atoms with Crippen molar-refractivity contribution >= 4 is 22.6 Å². The van der Waals surface area contributed by atoms with Crippen molar-refractivity contribution < 1.29 is 32.9 Å². The number of carboxylic acid groups (broad SMARTS) is 1. The Bertz CT molecular complexity index is 765. The molecule has 0 bridgehead atoms. The van der Waals surface area contributed by atoms with Crippen molar-refractivity contribution in [3.05, 3.63) is 30.5 Å². The van der Waals surface area contributed by atoms with Gasteiger partial charge >= 0.3 is 12.1 Å². The number of hydrogen-bond donors (Lipinski definition) is 3. The lowest BCUT2D eigenvalue weighted by Gasteiger charge is -2.26. The number of pyridine rings is 1. The fourth-order valence-corrected chi connectivity index (χ4v) is 2.46. The van der Waals surface area contributed by atoms with E-state index in [9.17, 15) is 18.3 Å². The first-order valence-corrected chi connectivity index (χ1v) is 8.19. The maximum Gasteiger partial charge on any atom is 0.490 e. The van der Waals surface area contributed by atoms with Gasteiger partial charge in [0.2, 0.25) is 0 Å². The Morgan fingerprint density at radius 3 is 2.59 bits per heavy atom. The van der Waals surface area contributed by atoms with E-state index in [0.717, 1.165) is 50.5 Å². The Kier molecular flexibility index (Phi) is 7.19. The van der Waals surface area contributed by atoms with Crippen LogP contribution in [-0.2, 0) is 9.53 Å². The molecule has 1 fully saturated rings. The number of nitrogens with zero attached hydrogens (tertiary/aromatic N) is 2. The van der Waals surface area contributed by atoms with Crippen molar-refractivity contribution in [2.45, 2.75) is 6.18 Å². The zero-order valence-corrected chi connectivity index (χ0v) is 14.4. The lowest BCUT2D eigenvalue weighted by atomic mass is 10.2. The molecule has 148 valence electrons. The summed E-state index contributed by atoms with van der Waals surface area (Å²) in [6, 6.07) is 7.57. The van der Waals surface area contributed by atoms with Gasteiger partial charge in [-0.1, -0.05) is 6.07 Å². The fraction of sp³-hybridized carbons (Fsp3) is 0.412. The number of morpholine rings is 1. The van der Waals surface area contributed by atoms with Crippen molar-refractivity contribution in [3.8, 4) is 5.75 Å². The molecule has 3 rings (SSSR count). The number of aliphatic carboxylic acids is 1. The molecule has 27 heavy (non-hydrogen) atoms. The molecule has 2 heterocycles. The van der Waals surface area contributed by atoms with Crippen LogP contribution in [0.4, 0.5) is 18.9 Å². The van der Waals surface area contributed by atoms with Crippen LogP contribution in [0.3, 0.4) is 0 Å². The zero-order chi connectivity index (χ0) is 19.9. The van der Waals surface area contributed by atoms with Crippen LogP contribution < -0.4 is 5.32 Å². The summed E-state index contributed by atoms with van der Waals surface area (Å²) in [6.45, 7) is 5.47. The van der Waals surface area contributed by atoms with E-state index >= 15 is 0 Å². The van der Waals surface area contributed by atoms with E-state index in [1.165, 1.54) is 0 Å². The number of carbonyl (C=O) groups is 1. The lowest BCUT2D eigenvalue weighted by molar-refractivity contribution is -0.192. The number of phenols is 1. The molecule has 1 aromatic carbocycles. The number of hydrogen-bond acceptors (Lipinski definition) is 6. The molecule has 10 heteroatoms. The van der Waals surface area contributed by atoms with Crippen LogP contribution in [0.15, 0.2) is 30.5 Å². The number of aromatic nitrogens is 1. The van der Waals surface area contributed by atoms with Crippen molar-refractivity contribution in [1.82, 2.24) is 9.88 Å². The first kappa shape index (κ1) is 20.7. The Morgan fingerprint density at radius 2 is 1.96 bits per heavy atom. The number of fused-ring (bicyclic) bond motifs is 1. The second-order valence-electron chi connectivity index (χ2n) is 5.75. The summed E-state index contributed by atoms with van der Waals surface area (Å²) in [5.41, 5.74) is 1.57. The second-order valence-corrected chi connectivity index (χ2v) is 5.75. The minimum atomic E-state index is -5.08. The number of anilines is 1. The average Bonchev–Trinajstić information content (AvgIpc) is 2.62. The smallest absolute Gasteiger partial charge is 0.490 e. The van der Waals surface area contributed by atoms with Gasteiger partial charge in [0.25, 0.3) is 0 Å². The molecular formula is C17H20F3N3O4. The van der Waals surface area contributed by atoms with Gasteiger partial charge in [0.05, 0.1) is 13.2 Å². The number of alkyl halides is 3. The van der Waals surface area contributed by atoms with Crippen LogP contribution in [0.5, 0.6) is 5.75 Å². The highest BCUT2D eigenvalue weighted by atomic mass is 19.4. The third-order valence-corrected chi connectivity index (χ3v) is 3.79. The third kappa shape index (κ3) is 6.57. The Morgan fingerprint density at radius 1 is 1.30 bits per heavy atom. The maximum atomic E-state index is 10.6. The van der Waals surface area contributed by atoms with E-state index in [2.05, 4.69) is 15.2 Å². The summed E-state index contributed by atoms with van der Waals surface area (Å²) in [4.78, 5) is 15.4. The van der Waals surface area contributed by atoms with E-state index in [-0.39, 0.29) is 5.75 Å². The SMILES string of the molecule is O=C(O)C(F)(F)F.Oc1cc(NCCN2CCOCC2)cc2cccnc12. The third-order valence-electron chi connectivity index (χ3n) is 3.79. The standard InChI is InChI=1S/C15H19N3O2.C2HF3O2/c19-14-11-13(10-12-2-1-3-17-15(12)14)16-4-5-18-6-8-20-9-7-18;3-2(4,5)1(6)7/h1-3,10-11,16,19H,4-9H2;(H,6,7). The number of rotatable bonds is 4. The molecule has 2 aromatic rings. The van der Waals surface area contributed by atoms with Gasteiger partial charge in [0, 0.05) is 49.5 Å². The van der Waals surface area contributed by atoms with Gasteiger partial charge in [-0.15, -0.1) is 0 Å². The normalized spacial score (nSPS) is 15.1. The van der Waals surface area contributed by atoms with Crippen LogP contribution in [0.25, 0.3) is 10.9 Å². The van der Waals surface area contributed by atoms with Crippen LogP contribution in [0.2, 0.25) is 0 Å². The summed E-state index contributed by atoms with van der Waals surface area (Å²) < 4.78 is 37.1. The molecule has 0 unspecified atom stereocenters. The number of ether oxygens (including phenoxy) is 1. The molecule has 0 aliphatic carbocycles. The number of aromatic hydroxyl groups is 1. The van der Waals surface area contributed by atoms with Crippen LogP contribution in [0, 0.1) is 0 Å². The molecule has 1 saturated heterocycles. The predicted octanol–water partition coefficient (Wildman–Crippen LogP) is 2.32. The highest BCUT2D eigenvalue weighted by Gasteiger charge is 2.38. The van der Waals surface area contributed by atoms with Gasteiger partial charge in [-0.3, -0.25) is 9.88 Å². The van der Waals surface area contributed by atoms with Gasteiger partial charge in [-0.2, -0.15) is 13.2 Å². The summed E-state index contributed by atoms with van der Waals surface area (Å²) in [7, 11) is 0. The molecule has 0 saturated carbocycles. The van der Waals surface area contributed by atoms with E-state index < -0.39 is 12.1 Å². The maximum absolute atomic E-state index is 10.6. The molecular weight excluding hydrogens is 367 g/mol. The number of carboxylic acids is 1. The minimum absolute atomic E-state index is 0.219. The Labute approximate surface area is 153 Å². The monoisotopic (exact) mass is 387 g/mol. The molecule has 0 atom stereocenters. The quantitative estimate of drug-likeness (QED) is 0.741. The number of nitrogens with one attached hydrogen (secondary N) is 1. The highest BCUT2D eigenvalue weighted by Crippen LogP contribution is 2.26. The van der Waals surface area contributed by atoms with E-state index in [1.54, 1.807) is 12.3 Å². The van der Waals surface area contributed by atoms with Crippen LogP contribution in [-0.4, -0.2) is 71.6 Å².